The third-order valence-corrected chi connectivity index (χ3v) is 3.09. The molecular formula is C10H12F2N2O5. The molecule has 0 spiro atoms. The van der Waals surface area contributed by atoms with E-state index in [4.69, 9.17) is 9.84 Å². The molecule has 106 valence electrons. The molecule has 2 rings (SSSR count). The zero-order valence-electron chi connectivity index (χ0n) is 9.62. The van der Waals surface area contributed by atoms with E-state index in [0.29, 0.717) is 4.57 Å². The lowest BCUT2D eigenvalue weighted by Gasteiger charge is -2.25. The molecule has 4 atom stereocenters. The predicted molar refractivity (Wildman–Crippen MR) is 58.1 cm³/mol. The number of nitrogens with zero attached hydrogens (tertiary/aromatic N) is 1. The summed E-state index contributed by atoms with van der Waals surface area (Å²) >= 11 is 0. The Morgan fingerprint density at radius 3 is 2.68 bits per heavy atom. The first-order valence-corrected chi connectivity index (χ1v) is 5.43. The van der Waals surface area contributed by atoms with E-state index in [1.807, 2.05) is 4.98 Å². The quantitative estimate of drug-likeness (QED) is 0.622. The lowest BCUT2D eigenvalue weighted by molar-refractivity contribution is -0.138. The van der Waals surface area contributed by atoms with E-state index < -0.39 is 48.6 Å². The average molecular weight is 278 g/mol. The number of alkyl halides is 2. The normalized spacial score (nSPS) is 34.6. The van der Waals surface area contributed by atoms with Crippen LogP contribution in [0.25, 0.3) is 0 Å². The van der Waals surface area contributed by atoms with Crippen molar-refractivity contribution in [1.29, 1.82) is 0 Å². The predicted octanol–water partition coefficient (Wildman–Crippen LogP) is -1.53. The molecular weight excluding hydrogens is 266 g/mol. The number of aliphatic hydroxyl groups excluding tert-OH is 2. The maximum atomic E-state index is 13.9. The summed E-state index contributed by atoms with van der Waals surface area (Å²) < 4.78 is 32.4. The van der Waals surface area contributed by atoms with E-state index in [1.165, 1.54) is 0 Å². The maximum Gasteiger partial charge on any atom is 0.330 e. The molecule has 0 aliphatic carbocycles. The third kappa shape index (κ3) is 2.09. The van der Waals surface area contributed by atoms with Crippen LogP contribution in [0.4, 0.5) is 8.78 Å². The fourth-order valence-corrected chi connectivity index (χ4v) is 1.94. The number of hydrogen-bond donors (Lipinski definition) is 3. The van der Waals surface area contributed by atoms with Gasteiger partial charge in [0.1, 0.15) is 12.8 Å². The molecule has 1 aromatic rings. The lowest BCUT2D eigenvalue weighted by Crippen LogP contribution is -2.47. The van der Waals surface area contributed by atoms with Crippen molar-refractivity contribution >= 4 is 0 Å². The largest absolute Gasteiger partial charge is 0.393 e. The third-order valence-electron chi connectivity index (χ3n) is 3.09. The molecule has 1 fully saturated rings. The van der Waals surface area contributed by atoms with E-state index in [9.17, 15) is 23.5 Å². The summed E-state index contributed by atoms with van der Waals surface area (Å²) in [5.74, 6) is 0. The van der Waals surface area contributed by atoms with E-state index >= 15 is 0 Å². The summed E-state index contributed by atoms with van der Waals surface area (Å²) in [5, 5.41) is 18.6. The summed E-state index contributed by atoms with van der Waals surface area (Å²) in [6.45, 7) is -2.26. The summed E-state index contributed by atoms with van der Waals surface area (Å²) in [6.07, 6.45) is -4.70. The van der Waals surface area contributed by atoms with Gasteiger partial charge in [-0.05, 0) is 0 Å². The van der Waals surface area contributed by atoms with Crippen LogP contribution in [0.1, 0.15) is 6.23 Å². The molecule has 1 saturated heterocycles. The molecule has 0 bridgehead atoms. The van der Waals surface area contributed by atoms with Gasteiger partial charge in [0.05, 0.1) is 6.61 Å². The van der Waals surface area contributed by atoms with E-state index in [-0.39, 0.29) is 0 Å². The van der Waals surface area contributed by atoms with Gasteiger partial charge in [-0.1, -0.05) is 0 Å². The molecule has 3 N–H and O–H groups in total. The monoisotopic (exact) mass is 278 g/mol. The zero-order valence-corrected chi connectivity index (χ0v) is 9.62. The molecule has 0 amide bonds. The van der Waals surface area contributed by atoms with Crippen molar-refractivity contribution in [3.63, 3.8) is 0 Å². The number of H-pyrrole nitrogens is 1. The van der Waals surface area contributed by atoms with Crippen molar-refractivity contribution in [2.24, 2.45) is 0 Å². The Morgan fingerprint density at radius 2 is 2.21 bits per heavy atom. The molecule has 1 aromatic heterocycles. The molecule has 19 heavy (non-hydrogen) atoms. The number of aromatic amines is 1. The van der Waals surface area contributed by atoms with Crippen LogP contribution in [0.2, 0.25) is 0 Å². The number of ether oxygens (including phenoxy) is 1. The molecule has 2 heterocycles. The van der Waals surface area contributed by atoms with Gasteiger partial charge in [-0.3, -0.25) is 14.3 Å². The van der Waals surface area contributed by atoms with Crippen LogP contribution in [0.5, 0.6) is 0 Å². The van der Waals surface area contributed by atoms with Crippen molar-refractivity contribution in [3.05, 3.63) is 33.1 Å². The first-order valence-electron chi connectivity index (χ1n) is 5.43. The van der Waals surface area contributed by atoms with Crippen molar-refractivity contribution in [3.8, 4) is 0 Å². The smallest absolute Gasteiger partial charge is 0.330 e. The summed E-state index contributed by atoms with van der Waals surface area (Å²) in [5.41, 5.74) is -3.76. The first kappa shape index (κ1) is 13.8. The standard InChI is InChI=1S/C10H12F2N2O5/c11-3-10(4-15)7(17)6(12)8(19-10)14-2-1-5(16)13-9(14)18/h1-2,6-8,15,17H,3-4H2,(H,13,16,18)/t6-,7+,8?,10-/m1/s1. The van der Waals surface area contributed by atoms with Crippen LogP contribution in [0.3, 0.4) is 0 Å². The molecule has 0 saturated carbocycles. The zero-order chi connectivity index (χ0) is 14.2. The van der Waals surface area contributed by atoms with Gasteiger partial charge in [0.2, 0.25) is 0 Å². The van der Waals surface area contributed by atoms with Crippen molar-refractivity contribution in [1.82, 2.24) is 9.55 Å². The fourth-order valence-electron chi connectivity index (χ4n) is 1.94. The highest BCUT2D eigenvalue weighted by Crippen LogP contribution is 2.38. The number of hydrogen-bond acceptors (Lipinski definition) is 5. The van der Waals surface area contributed by atoms with Gasteiger partial charge >= 0.3 is 5.69 Å². The number of aliphatic hydroxyl groups is 2. The summed E-state index contributed by atoms with van der Waals surface area (Å²) in [4.78, 5) is 24.3. The van der Waals surface area contributed by atoms with Crippen LogP contribution in [0.15, 0.2) is 21.9 Å². The Balaban J connectivity index is 2.42. The van der Waals surface area contributed by atoms with Crippen LogP contribution >= 0.6 is 0 Å². The molecule has 1 aliphatic heterocycles. The van der Waals surface area contributed by atoms with Crippen molar-refractivity contribution in [2.45, 2.75) is 24.1 Å². The van der Waals surface area contributed by atoms with Gasteiger partial charge in [-0.25, -0.2) is 13.6 Å². The summed E-state index contributed by atoms with van der Waals surface area (Å²) in [7, 11) is 0. The highest BCUT2D eigenvalue weighted by atomic mass is 19.1. The second-order valence-electron chi connectivity index (χ2n) is 4.27. The number of aromatic nitrogens is 2. The van der Waals surface area contributed by atoms with Gasteiger partial charge in [0, 0.05) is 12.3 Å². The minimum absolute atomic E-state index is 0.683. The van der Waals surface area contributed by atoms with Crippen molar-refractivity contribution in [2.75, 3.05) is 13.3 Å². The lowest BCUT2D eigenvalue weighted by atomic mass is 9.98. The Kier molecular flexibility index (Phi) is 3.52. The van der Waals surface area contributed by atoms with Gasteiger partial charge in [0.15, 0.2) is 18.0 Å². The van der Waals surface area contributed by atoms with E-state index in [2.05, 4.69) is 0 Å². The number of rotatable bonds is 3. The van der Waals surface area contributed by atoms with Crippen LogP contribution < -0.4 is 11.2 Å². The molecule has 9 heteroatoms. The first-order chi connectivity index (χ1) is 8.95. The Bertz CT molecular complexity index is 568. The van der Waals surface area contributed by atoms with Gasteiger partial charge in [0.25, 0.3) is 5.56 Å². The van der Waals surface area contributed by atoms with E-state index in [0.717, 1.165) is 12.3 Å². The van der Waals surface area contributed by atoms with Gasteiger partial charge < -0.3 is 14.9 Å². The summed E-state index contributed by atoms with van der Waals surface area (Å²) in [6, 6.07) is 0.957. The SMILES string of the molecule is O=c1ccn(C2O[C@@](CO)(CF)[C@@H](O)[C@H]2F)c(=O)[nH]1. The molecule has 1 aliphatic rings. The Hall–Kier alpha value is -1.58. The Labute approximate surface area is 105 Å². The van der Waals surface area contributed by atoms with E-state index in [1.54, 1.807) is 0 Å². The minimum Gasteiger partial charge on any atom is -0.393 e. The topological polar surface area (TPSA) is 105 Å². The average Bonchev–Trinajstić information content (AvgIpc) is 2.64. The van der Waals surface area contributed by atoms with Gasteiger partial charge in [-0.15, -0.1) is 0 Å². The Morgan fingerprint density at radius 1 is 1.53 bits per heavy atom. The highest BCUT2D eigenvalue weighted by molar-refractivity contribution is 5.02. The second-order valence-corrected chi connectivity index (χ2v) is 4.27. The van der Waals surface area contributed by atoms with Gasteiger partial charge in [-0.2, -0.15) is 0 Å². The fraction of sp³-hybridized carbons (Fsp3) is 0.600. The molecule has 0 aromatic carbocycles. The maximum absolute atomic E-state index is 13.9. The van der Waals surface area contributed by atoms with Crippen LogP contribution in [-0.2, 0) is 4.74 Å². The van der Waals surface area contributed by atoms with Crippen molar-refractivity contribution < 1.29 is 23.7 Å². The number of nitrogens with one attached hydrogen (secondary N) is 1. The molecule has 1 unspecified atom stereocenters. The minimum atomic E-state index is -2.12. The van der Waals surface area contributed by atoms with Crippen LogP contribution in [-0.4, -0.2) is 50.9 Å². The molecule has 0 radical (unpaired) electrons. The molecule has 7 nitrogen and oxygen atoms in total. The highest BCUT2D eigenvalue weighted by Gasteiger charge is 2.56. The van der Waals surface area contributed by atoms with Crippen LogP contribution in [0, 0.1) is 0 Å². The number of halogens is 2. The second kappa shape index (κ2) is 4.83.